The average Bonchev–Trinajstić information content (AvgIpc) is 3.15. The number of aliphatic hydroxyl groups is 2. The van der Waals surface area contributed by atoms with E-state index in [2.05, 4.69) is 37.4 Å². The minimum atomic E-state index is -1.16. The molecule has 4 N–H and O–H groups in total. The molecule has 0 aliphatic heterocycles. The van der Waals surface area contributed by atoms with Crippen molar-refractivity contribution >= 4 is 22.9 Å². The third kappa shape index (κ3) is 2.75. The van der Waals surface area contributed by atoms with Crippen LogP contribution in [0, 0.1) is 37.0 Å². The molecule has 0 aromatic carbocycles. The number of imidazole rings is 1. The predicted molar refractivity (Wildman–Crippen MR) is 115 cm³/mol. The van der Waals surface area contributed by atoms with Crippen molar-refractivity contribution in [1.29, 1.82) is 0 Å². The standard InChI is InChI=1S/C22H24N6O4/c1-10-7-12(32-11(10)2)5-6-14-26-19(23-3)15-20(27-14)28(9-25-15)16-13-8-22(13,21(31)24-4)18(30)17(16)29/h7,9,13,16-18,29-30H,8H2,1-4H3,(H,24,31)(H,23,26,27)/t13?,16-,17+,18+,22?/m1/s1. The van der Waals surface area contributed by atoms with Gasteiger partial charge < -0.3 is 29.8 Å². The fourth-order valence-corrected chi connectivity index (χ4v) is 4.90. The number of furan rings is 1. The molecule has 2 aliphatic carbocycles. The molecule has 2 unspecified atom stereocenters. The van der Waals surface area contributed by atoms with Gasteiger partial charge in [-0.3, -0.25) is 4.79 Å². The normalized spacial score (nSPS) is 28.2. The summed E-state index contributed by atoms with van der Waals surface area (Å²) < 4.78 is 7.32. The first-order valence-corrected chi connectivity index (χ1v) is 10.4. The van der Waals surface area contributed by atoms with Crippen molar-refractivity contribution in [2.24, 2.45) is 11.3 Å². The van der Waals surface area contributed by atoms with Crippen molar-refractivity contribution in [3.63, 3.8) is 0 Å². The quantitative estimate of drug-likeness (QED) is 0.436. The van der Waals surface area contributed by atoms with E-state index in [0.29, 0.717) is 29.2 Å². The number of amides is 1. The highest BCUT2D eigenvalue weighted by molar-refractivity contribution is 5.88. The smallest absolute Gasteiger partial charge is 0.229 e. The van der Waals surface area contributed by atoms with Crippen LogP contribution in [0.15, 0.2) is 16.8 Å². The third-order valence-electron chi connectivity index (χ3n) is 6.77. The lowest BCUT2D eigenvalue weighted by atomic mass is 9.98. The van der Waals surface area contributed by atoms with Gasteiger partial charge in [0.25, 0.3) is 0 Å². The summed E-state index contributed by atoms with van der Waals surface area (Å²) in [5.74, 6) is 7.46. The molecule has 1 amide bonds. The molecule has 0 bridgehead atoms. The second-order valence-electron chi connectivity index (χ2n) is 8.43. The highest BCUT2D eigenvalue weighted by Crippen LogP contribution is 2.67. The van der Waals surface area contributed by atoms with Gasteiger partial charge in [-0.05, 0) is 43.7 Å². The largest absolute Gasteiger partial charge is 0.453 e. The lowest BCUT2D eigenvalue weighted by molar-refractivity contribution is -0.132. The molecule has 2 saturated carbocycles. The summed E-state index contributed by atoms with van der Waals surface area (Å²) in [4.78, 5) is 25.9. The number of nitrogens with zero attached hydrogens (tertiary/aromatic N) is 4. The summed E-state index contributed by atoms with van der Waals surface area (Å²) in [5, 5.41) is 27.1. The molecule has 10 heteroatoms. The van der Waals surface area contributed by atoms with Gasteiger partial charge in [-0.15, -0.1) is 0 Å². The molecular weight excluding hydrogens is 412 g/mol. The predicted octanol–water partition coefficient (Wildman–Crippen LogP) is 0.506. The van der Waals surface area contributed by atoms with E-state index in [-0.39, 0.29) is 17.6 Å². The van der Waals surface area contributed by atoms with Gasteiger partial charge in [0.05, 0.1) is 23.9 Å². The van der Waals surface area contributed by atoms with Crippen molar-refractivity contribution in [2.75, 3.05) is 19.4 Å². The van der Waals surface area contributed by atoms with Crippen LogP contribution in [0.2, 0.25) is 0 Å². The van der Waals surface area contributed by atoms with Crippen molar-refractivity contribution in [2.45, 2.75) is 38.5 Å². The summed E-state index contributed by atoms with van der Waals surface area (Å²) in [6.45, 7) is 3.82. The minimum Gasteiger partial charge on any atom is -0.453 e. The molecule has 10 nitrogen and oxygen atoms in total. The van der Waals surface area contributed by atoms with Crippen LogP contribution in [-0.4, -0.2) is 61.9 Å². The second-order valence-corrected chi connectivity index (χ2v) is 8.43. The van der Waals surface area contributed by atoms with Crippen molar-refractivity contribution in [1.82, 2.24) is 24.8 Å². The molecule has 5 rings (SSSR count). The maximum Gasteiger partial charge on any atom is 0.229 e. The Hall–Kier alpha value is -3.42. The van der Waals surface area contributed by atoms with Gasteiger partial charge in [-0.2, -0.15) is 0 Å². The van der Waals surface area contributed by atoms with E-state index in [0.717, 1.165) is 11.3 Å². The lowest BCUT2D eigenvalue weighted by Gasteiger charge is -2.23. The van der Waals surface area contributed by atoms with Crippen LogP contribution in [0.4, 0.5) is 5.82 Å². The SMILES string of the molecule is CNC(=O)C12CC1[C@@H](n1cnc3c(NC)nc(C#Cc4cc(C)c(C)o4)nc31)[C@H](O)[C@@H]2O. The van der Waals surface area contributed by atoms with Gasteiger partial charge >= 0.3 is 0 Å². The number of aliphatic hydroxyl groups excluding tert-OH is 2. The monoisotopic (exact) mass is 436 g/mol. The summed E-state index contributed by atoms with van der Waals surface area (Å²) in [5.41, 5.74) is 1.02. The van der Waals surface area contributed by atoms with Crippen LogP contribution in [-0.2, 0) is 4.79 Å². The molecule has 166 valence electrons. The highest BCUT2D eigenvalue weighted by atomic mass is 16.3. The minimum absolute atomic E-state index is 0.221. The van der Waals surface area contributed by atoms with Crippen molar-refractivity contribution in [3.8, 4) is 11.8 Å². The zero-order chi connectivity index (χ0) is 22.8. The maximum absolute atomic E-state index is 12.4. The van der Waals surface area contributed by atoms with E-state index in [9.17, 15) is 15.0 Å². The van der Waals surface area contributed by atoms with Gasteiger partial charge in [-0.25, -0.2) is 15.0 Å². The number of hydrogen-bond donors (Lipinski definition) is 4. The first-order valence-electron chi connectivity index (χ1n) is 10.4. The van der Waals surface area contributed by atoms with Crippen LogP contribution in [0.1, 0.15) is 35.4 Å². The Morgan fingerprint density at radius 3 is 2.72 bits per heavy atom. The first kappa shape index (κ1) is 20.5. The van der Waals surface area contributed by atoms with E-state index in [1.165, 1.54) is 7.05 Å². The summed E-state index contributed by atoms with van der Waals surface area (Å²) in [6.07, 6.45) is -0.233. The molecule has 32 heavy (non-hydrogen) atoms. The van der Waals surface area contributed by atoms with Crippen LogP contribution in [0.5, 0.6) is 0 Å². The summed E-state index contributed by atoms with van der Waals surface area (Å²) in [6, 6.07) is 1.31. The molecule has 0 spiro atoms. The zero-order valence-corrected chi connectivity index (χ0v) is 18.2. The molecule has 2 aliphatic rings. The van der Waals surface area contributed by atoms with Gasteiger partial charge in [0.15, 0.2) is 22.7 Å². The zero-order valence-electron chi connectivity index (χ0n) is 18.2. The number of rotatable bonds is 3. The van der Waals surface area contributed by atoms with Gasteiger partial charge in [0.2, 0.25) is 11.7 Å². The lowest BCUT2D eigenvalue weighted by Crippen LogP contribution is -2.41. The third-order valence-corrected chi connectivity index (χ3v) is 6.77. The van der Waals surface area contributed by atoms with E-state index in [1.807, 2.05) is 19.9 Å². The fourth-order valence-electron chi connectivity index (χ4n) is 4.90. The summed E-state index contributed by atoms with van der Waals surface area (Å²) >= 11 is 0. The number of carbonyl (C=O) groups is 1. The van der Waals surface area contributed by atoms with Gasteiger partial charge in [0, 0.05) is 20.0 Å². The van der Waals surface area contributed by atoms with Crippen LogP contribution >= 0.6 is 0 Å². The molecule has 3 aromatic rings. The highest BCUT2D eigenvalue weighted by Gasteiger charge is 2.75. The first-order chi connectivity index (χ1) is 15.3. The Balaban J connectivity index is 1.57. The van der Waals surface area contributed by atoms with Crippen LogP contribution in [0.25, 0.3) is 11.2 Å². The van der Waals surface area contributed by atoms with E-state index in [1.54, 1.807) is 17.9 Å². The Bertz CT molecular complexity index is 1280. The fraction of sp³-hybridized carbons (Fsp3) is 0.455. The number of aromatic nitrogens is 4. The molecule has 2 fully saturated rings. The number of aryl methyl sites for hydroxylation is 2. The second kappa shape index (κ2) is 7.05. The number of nitrogens with one attached hydrogen (secondary N) is 2. The van der Waals surface area contributed by atoms with E-state index in [4.69, 9.17) is 4.42 Å². The number of hydrogen-bond acceptors (Lipinski definition) is 8. The van der Waals surface area contributed by atoms with Crippen LogP contribution in [0.3, 0.4) is 0 Å². The average molecular weight is 436 g/mol. The molecular formula is C22H24N6O4. The van der Waals surface area contributed by atoms with Crippen molar-refractivity contribution < 1.29 is 19.4 Å². The van der Waals surface area contributed by atoms with E-state index < -0.39 is 23.7 Å². The van der Waals surface area contributed by atoms with E-state index >= 15 is 0 Å². The Labute approximate surface area is 184 Å². The molecule has 3 heterocycles. The Morgan fingerprint density at radius 1 is 1.28 bits per heavy atom. The Morgan fingerprint density at radius 2 is 2.06 bits per heavy atom. The van der Waals surface area contributed by atoms with Gasteiger partial charge in [-0.1, -0.05) is 0 Å². The number of anilines is 1. The molecule has 3 aromatic heterocycles. The molecule has 0 radical (unpaired) electrons. The molecule has 5 atom stereocenters. The topological polar surface area (TPSA) is 138 Å². The maximum atomic E-state index is 12.4. The summed E-state index contributed by atoms with van der Waals surface area (Å²) in [7, 11) is 3.26. The molecule has 0 saturated heterocycles. The van der Waals surface area contributed by atoms with Gasteiger partial charge in [0.1, 0.15) is 11.9 Å². The van der Waals surface area contributed by atoms with Crippen molar-refractivity contribution in [3.05, 3.63) is 35.3 Å². The van der Waals surface area contributed by atoms with Crippen LogP contribution < -0.4 is 10.6 Å². The Kier molecular flexibility index (Phi) is 4.51. The number of fused-ring (bicyclic) bond motifs is 2. The number of carbonyl (C=O) groups excluding carboxylic acids is 1.